The SMILES string of the molecule is N#CCN(C(=O)c1ccccc1)c1cccc(C(=O)O)c1F. The third kappa shape index (κ3) is 2.94. The summed E-state index contributed by atoms with van der Waals surface area (Å²) in [6, 6.07) is 13.5. The standard InChI is InChI=1S/C16H11FN2O3/c17-14-12(16(21)22)7-4-8-13(14)19(10-9-18)15(20)11-5-2-1-3-6-11/h1-8H,10H2,(H,21,22). The van der Waals surface area contributed by atoms with Gasteiger partial charge in [-0.25, -0.2) is 9.18 Å². The molecule has 6 heteroatoms. The lowest BCUT2D eigenvalue weighted by Crippen LogP contribution is -2.32. The van der Waals surface area contributed by atoms with Crippen LogP contribution in [0.2, 0.25) is 0 Å². The van der Waals surface area contributed by atoms with Crippen LogP contribution in [0.5, 0.6) is 0 Å². The van der Waals surface area contributed by atoms with Crippen molar-refractivity contribution in [3.8, 4) is 6.07 Å². The van der Waals surface area contributed by atoms with Gasteiger partial charge in [-0.05, 0) is 24.3 Å². The Labute approximate surface area is 125 Å². The van der Waals surface area contributed by atoms with Crippen molar-refractivity contribution in [3.05, 3.63) is 65.5 Å². The molecule has 2 aromatic rings. The average molecular weight is 298 g/mol. The van der Waals surface area contributed by atoms with Gasteiger partial charge in [0.05, 0.1) is 17.3 Å². The molecule has 110 valence electrons. The summed E-state index contributed by atoms with van der Waals surface area (Å²) in [5.41, 5.74) is -0.519. The highest BCUT2D eigenvalue weighted by Crippen LogP contribution is 2.24. The molecule has 0 unspecified atom stereocenters. The summed E-state index contributed by atoms with van der Waals surface area (Å²) in [7, 11) is 0. The van der Waals surface area contributed by atoms with Crippen LogP contribution in [0.1, 0.15) is 20.7 Å². The fourth-order valence-corrected chi connectivity index (χ4v) is 1.97. The number of rotatable bonds is 4. The zero-order valence-electron chi connectivity index (χ0n) is 11.4. The van der Waals surface area contributed by atoms with Crippen LogP contribution in [0.4, 0.5) is 10.1 Å². The Morgan fingerprint density at radius 3 is 2.41 bits per heavy atom. The van der Waals surface area contributed by atoms with Crippen LogP contribution in [0, 0.1) is 17.1 Å². The van der Waals surface area contributed by atoms with Crippen molar-refractivity contribution in [2.24, 2.45) is 0 Å². The molecular formula is C16H11FN2O3. The van der Waals surface area contributed by atoms with E-state index in [1.54, 1.807) is 24.3 Å². The number of nitrogens with zero attached hydrogens (tertiary/aromatic N) is 2. The Morgan fingerprint density at radius 2 is 1.82 bits per heavy atom. The second-order valence-corrected chi connectivity index (χ2v) is 4.36. The number of benzene rings is 2. The number of halogens is 1. The van der Waals surface area contributed by atoms with E-state index >= 15 is 0 Å². The molecule has 0 aliphatic heterocycles. The molecule has 22 heavy (non-hydrogen) atoms. The van der Waals surface area contributed by atoms with Gasteiger partial charge in [-0.3, -0.25) is 9.69 Å². The molecule has 0 atom stereocenters. The van der Waals surface area contributed by atoms with Crippen LogP contribution in [0.25, 0.3) is 0 Å². The van der Waals surface area contributed by atoms with Crippen LogP contribution in [-0.2, 0) is 0 Å². The van der Waals surface area contributed by atoms with Crippen molar-refractivity contribution in [2.45, 2.75) is 0 Å². The zero-order chi connectivity index (χ0) is 16.1. The minimum atomic E-state index is -1.44. The lowest BCUT2D eigenvalue weighted by molar-refractivity contribution is 0.0691. The number of carboxylic acid groups (broad SMARTS) is 1. The number of hydrogen-bond acceptors (Lipinski definition) is 3. The topological polar surface area (TPSA) is 81.4 Å². The molecule has 0 bridgehead atoms. The number of amides is 1. The molecule has 0 spiro atoms. The minimum absolute atomic E-state index is 0.240. The fourth-order valence-electron chi connectivity index (χ4n) is 1.97. The molecule has 1 N–H and O–H groups in total. The van der Waals surface area contributed by atoms with Gasteiger partial charge in [-0.15, -0.1) is 0 Å². The third-order valence-electron chi connectivity index (χ3n) is 2.99. The summed E-state index contributed by atoms with van der Waals surface area (Å²) < 4.78 is 14.3. The Morgan fingerprint density at radius 1 is 1.14 bits per heavy atom. The molecular weight excluding hydrogens is 287 g/mol. The summed E-state index contributed by atoms with van der Waals surface area (Å²) in [5.74, 6) is -3.07. The van der Waals surface area contributed by atoms with E-state index < -0.39 is 29.8 Å². The fraction of sp³-hybridized carbons (Fsp3) is 0.0625. The van der Waals surface area contributed by atoms with Gasteiger partial charge in [0.25, 0.3) is 5.91 Å². The van der Waals surface area contributed by atoms with Crippen molar-refractivity contribution < 1.29 is 19.1 Å². The Kier molecular flexibility index (Phi) is 4.49. The molecule has 0 aromatic heterocycles. The van der Waals surface area contributed by atoms with E-state index in [2.05, 4.69) is 0 Å². The zero-order valence-corrected chi connectivity index (χ0v) is 11.4. The van der Waals surface area contributed by atoms with E-state index in [9.17, 15) is 14.0 Å². The number of carbonyl (C=O) groups excluding carboxylic acids is 1. The molecule has 1 amide bonds. The van der Waals surface area contributed by atoms with Crippen LogP contribution in [-0.4, -0.2) is 23.5 Å². The molecule has 5 nitrogen and oxygen atoms in total. The third-order valence-corrected chi connectivity index (χ3v) is 2.99. The quantitative estimate of drug-likeness (QED) is 0.880. The van der Waals surface area contributed by atoms with Crippen LogP contribution in [0.15, 0.2) is 48.5 Å². The molecule has 0 saturated carbocycles. The Balaban J connectivity index is 2.50. The van der Waals surface area contributed by atoms with E-state index in [0.29, 0.717) is 0 Å². The molecule has 0 heterocycles. The number of carboxylic acids is 1. The van der Waals surface area contributed by atoms with Gasteiger partial charge < -0.3 is 5.11 Å². The van der Waals surface area contributed by atoms with Crippen LogP contribution < -0.4 is 4.90 Å². The first-order valence-electron chi connectivity index (χ1n) is 6.32. The van der Waals surface area contributed by atoms with Crippen molar-refractivity contribution >= 4 is 17.6 Å². The number of carbonyl (C=O) groups is 2. The van der Waals surface area contributed by atoms with Crippen molar-refractivity contribution in [1.82, 2.24) is 0 Å². The van der Waals surface area contributed by atoms with Gasteiger partial charge in [-0.2, -0.15) is 5.26 Å². The first-order valence-corrected chi connectivity index (χ1v) is 6.32. The molecule has 0 saturated heterocycles. The molecule has 2 aromatic carbocycles. The van der Waals surface area contributed by atoms with E-state index in [4.69, 9.17) is 10.4 Å². The predicted octanol–water partition coefficient (Wildman–Crippen LogP) is 2.69. The second kappa shape index (κ2) is 6.50. The molecule has 0 fully saturated rings. The van der Waals surface area contributed by atoms with Crippen LogP contribution >= 0.6 is 0 Å². The van der Waals surface area contributed by atoms with Gasteiger partial charge >= 0.3 is 5.97 Å². The summed E-state index contributed by atoms with van der Waals surface area (Å²) in [6.45, 7) is -0.395. The predicted molar refractivity (Wildman–Crippen MR) is 77.1 cm³/mol. The van der Waals surface area contributed by atoms with Gasteiger partial charge in [0.1, 0.15) is 6.54 Å². The van der Waals surface area contributed by atoms with E-state index in [-0.39, 0.29) is 11.3 Å². The maximum Gasteiger partial charge on any atom is 0.338 e. The monoisotopic (exact) mass is 298 g/mol. The lowest BCUT2D eigenvalue weighted by atomic mass is 10.1. The second-order valence-electron chi connectivity index (χ2n) is 4.36. The summed E-state index contributed by atoms with van der Waals surface area (Å²) in [6.07, 6.45) is 0. The normalized spacial score (nSPS) is 9.82. The number of hydrogen-bond donors (Lipinski definition) is 1. The van der Waals surface area contributed by atoms with E-state index in [1.165, 1.54) is 24.3 Å². The molecule has 0 radical (unpaired) electrons. The maximum atomic E-state index is 14.3. The molecule has 0 aliphatic rings. The van der Waals surface area contributed by atoms with Gasteiger partial charge in [-0.1, -0.05) is 24.3 Å². The smallest absolute Gasteiger partial charge is 0.338 e. The largest absolute Gasteiger partial charge is 0.478 e. The van der Waals surface area contributed by atoms with Crippen LogP contribution in [0.3, 0.4) is 0 Å². The van der Waals surface area contributed by atoms with Gasteiger partial charge in [0.15, 0.2) is 5.82 Å². The number of anilines is 1. The lowest BCUT2D eigenvalue weighted by Gasteiger charge is -2.21. The van der Waals surface area contributed by atoms with Crippen molar-refractivity contribution in [3.63, 3.8) is 0 Å². The number of nitriles is 1. The first-order chi connectivity index (χ1) is 10.6. The Bertz CT molecular complexity index is 754. The maximum absolute atomic E-state index is 14.3. The minimum Gasteiger partial charge on any atom is -0.478 e. The summed E-state index contributed by atoms with van der Waals surface area (Å²) >= 11 is 0. The highest BCUT2D eigenvalue weighted by molar-refractivity contribution is 6.07. The van der Waals surface area contributed by atoms with Gasteiger partial charge in [0.2, 0.25) is 0 Å². The van der Waals surface area contributed by atoms with E-state index in [0.717, 1.165) is 11.0 Å². The summed E-state index contributed by atoms with van der Waals surface area (Å²) in [4.78, 5) is 24.3. The summed E-state index contributed by atoms with van der Waals surface area (Å²) in [5, 5.41) is 17.8. The van der Waals surface area contributed by atoms with Crippen molar-refractivity contribution in [2.75, 3.05) is 11.4 Å². The first kappa shape index (κ1) is 15.2. The average Bonchev–Trinajstić information content (AvgIpc) is 2.53. The molecule has 0 aliphatic carbocycles. The Hall–Kier alpha value is -3.20. The van der Waals surface area contributed by atoms with E-state index in [1.807, 2.05) is 0 Å². The number of aromatic carboxylic acids is 1. The highest BCUT2D eigenvalue weighted by Gasteiger charge is 2.23. The van der Waals surface area contributed by atoms with Crippen molar-refractivity contribution in [1.29, 1.82) is 5.26 Å². The van der Waals surface area contributed by atoms with Gasteiger partial charge in [0, 0.05) is 5.56 Å². The molecule has 2 rings (SSSR count). The highest BCUT2D eigenvalue weighted by atomic mass is 19.1.